The fraction of sp³-hybridized carbons (Fsp3) is 0.125. The van der Waals surface area contributed by atoms with E-state index in [1.807, 2.05) is 6.07 Å². The number of nitrogens with zero attached hydrogens (tertiary/aromatic N) is 1. The van der Waals surface area contributed by atoms with Gasteiger partial charge in [0, 0.05) is 12.3 Å². The Bertz CT molecular complexity index is 429. The number of hydrogen-bond acceptors (Lipinski definition) is 3. The number of rotatable bonds is 1. The molecule has 3 nitrogen and oxygen atoms in total. The van der Waals surface area contributed by atoms with Crippen LogP contribution in [0.1, 0.15) is 5.56 Å². The van der Waals surface area contributed by atoms with Crippen LogP contribution < -0.4 is 0 Å². The van der Waals surface area contributed by atoms with Crippen molar-refractivity contribution in [3.8, 4) is 6.07 Å². The Hall–Kier alpha value is -1.34. The van der Waals surface area contributed by atoms with Crippen molar-refractivity contribution in [2.45, 2.75) is 4.90 Å². The predicted octanol–water partition coefficient (Wildman–Crippen LogP) is 0.762. The van der Waals surface area contributed by atoms with Crippen LogP contribution in [0.3, 0.4) is 0 Å². The first-order chi connectivity index (χ1) is 5.54. The molecule has 4 heteroatoms. The summed E-state index contributed by atoms with van der Waals surface area (Å²) in [4.78, 5) is 0.0570. The van der Waals surface area contributed by atoms with Crippen molar-refractivity contribution >= 4 is 9.84 Å². The van der Waals surface area contributed by atoms with E-state index in [1.54, 1.807) is 0 Å². The third kappa shape index (κ3) is 1.83. The van der Waals surface area contributed by atoms with E-state index < -0.39 is 9.84 Å². The summed E-state index contributed by atoms with van der Waals surface area (Å²) in [5.41, 5.74) is 0.328. The minimum absolute atomic E-state index is 0.0570. The third-order valence-corrected chi connectivity index (χ3v) is 2.34. The standard InChI is InChI=1S/C8H6NO2S/c1-12(10,11)8-4-2-3-7(5-8)6-9/h2-3,5H,1H3. The Balaban J connectivity index is 3.32. The maximum atomic E-state index is 11.0. The maximum absolute atomic E-state index is 11.0. The second-order valence-corrected chi connectivity index (χ2v) is 4.31. The minimum Gasteiger partial charge on any atom is -0.224 e. The van der Waals surface area contributed by atoms with Crippen molar-refractivity contribution in [3.63, 3.8) is 0 Å². The highest BCUT2D eigenvalue weighted by atomic mass is 32.2. The van der Waals surface area contributed by atoms with Crippen molar-refractivity contribution in [3.05, 3.63) is 29.8 Å². The molecule has 0 N–H and O–H groups in total. The Labute approximate surface area is 71.2 Å². The van der Waals surface area contributed by atoms with Crippen molar-refractivity contribution < 1.29 is 8.42 Å². The molecule has 1 radical (unpaired) electrons. The van der Waals surface area contributed by atoms with E-state index in [-0.39, 0.29) is 4.90 Å². The molecule has 61 valence electrons. The summed E-state index contributed by atoms with van der Waals surface area (Å²) in [6.07, 6.45) is 1.08. The van der Waals surface area contributed by atoms with E-state index in [2.05, 4.69) is 6.07 Å². The Morgan fingerprint density at radius 1 is 1.58 bits per heavy atom. The summed E-state index contributed by atoms with van der Waals surface area (Å²) >= 11 is 0. The predicted molar refractivity (Wildman–Crippen MR) is 43.1 cm³/mol. The van der Waals surface area contributed by atoms with Crippen LogP contribution in [-0.2, 0) is 9.84 Å². The van der Waals surface area contributed by atoms with Crippen LogP contribution in [0.4, 0.5) is 0 Å². The minimum atomic E-state index is -3.24. The zero-order chi connectivity index (χ0) is 9.19. The number of hydrogen-bond donors (Lipinski definition) is 0. The fourth-order valence-electron chi connectivity index (χ4n) is 0.728. The van der Waals surface area contributed by atoms with E-state index in [0.29, 0.717) is 5.56 Å². The smallest absolute Gasteiger partial charge is 0.176 e. The quantitative estimate of drug-likeness (QED) is 0.641. The average molecular weight is 180 g/mol. The first-order valence-corrected chi connectivity index (χ1v) is 5.05. The van der Waals surface area contributed by atoms with E-state index >= 15 is 0 Å². The molecule has 0 saturated carbocycles. The molecule has 0 aliphatic carbocycles. The summed E-state index contributed by atoms with van der Waals surface area (Å²) in [7, 11) is -3.24. The molecular weight excluding hydrogens is 174 g/mol. The molecule has 1 aromatic rings. The normalized spacial score (nSPS) is 10.7. The molecule has 0 fully saturated rings. The van der Waals surface area contributed by atoms with Crippen molar-refractivity contribution in [2.24, 2.45) is 0 Å². The van der Waals surface area contributed by atoms with E-state index in [4.69, 9.17) is 5.26 Å². The molecule has 0 atom stereocenters. The number of sulfone groups is 1. The lowest BCUT2D eigenvalue weighted by Gasteiger charge is -1.95. The van der Waals surface area contributed by atoms with Gasteiger partial charge in [0.05, 0.1) is 16.5 Å². The van der Waals surface area contributed by atoms with Crippen molar-refractivity contribution in [2.75, 3.05) is 6.26 Å². The molecule has 12 heavy (non-hydrogen) atoms. The van der Waals surface area contributed by atoms with Gasteiger partial charge < -0.3 is 0 Å². The van der Waals surface area contributed by atoms with Crippen LogP contribution >= 0.6 is 0 Å². The van der Waals surface area contributed by atoms with Crippen molar-refractivity contribution in [1.29, 1.82) is 5.26 Å². The molecule has 0 heterocycles. The highest BCUT2D eigenvalue weighted by Gasteiger charge is 2.06. The van der Waals surface area contributed by atoms with Crippen LogP contribution in [0.15, 0.2) is 23.1 Å². The molecular formula is C8H6NO2S. The molecule has 1 rings (SSSR count). The van der Waals surface area contributed by atoms with Crippen molar-refractivity contribution in [1.82, 2.24) is 0 Å². The third-order valence-electron chi connectivity index (χ3n) is 1.30. The van der Waals surface area contributed by atoms with Gasteiger partial charge in [-0.2, -0.15) is 5.26 Å². The summed E-state index contributed by atoms with van der Waals surface area (Å²) in [5.74, 6) is 0. The molecule has 0 spiro atoms. The number of nitriles is 1. The molecule has 0 saturated heterocycles. The zero-order valence-electron chi connectivity index (χ0n) is 6.40. The van der Waals surface area contributed by atoms with Gasteiger partial charge in [-0.1, -0.05) is 6.07 Å². The summed E-state index contributed by atoms with van der Waals surface area (Å²) in [5, 5.41) is 8.47. The SMILES string of the molecule is CS(=O)(=O)c1[c]ccc(C#N)c1. The van der Waals surface area contributed by atoms with Gasteiger partial charge in [0.25, 0.3) is 0 Å². The molecule has 0 aliphatic heterocycles. The molecule has 0 aromatic heterocycles. The van der Waals surface area contributed by atoms with Crippen LogP contribution in [0.5, 0.6) is 0 Å². The van der Waals surface area contributed by atoms with Gasteiger partial charge in [-0.15, -0.1) is 0 Å². The second-order valence-electron chi connectivity index (χ2n) is 2.33. The van der Waals surface area contributed by atoms with Gasteiger partial charge in [-0.3, -0.25) is 0 Å². The summed E-state index contributed by atoms with van der Waals surface area (Å²) in [6.45, 7) is 0. The molecule has 0 unspecified atom stereocenters. The highest BCUT2D eigenvalue weighted by Crippen LogP contribution is 2.09. The number of benzene rings is 1. The zero-order valence-corrected chi connectivity index (χ0v) is 7.22. The topological polar surface area (TPSA) is 57.9 Å². The highest BCUT2D eigenvalue weighted by molar-refractivity contribution is 7.90. The van der Waals surface area contributed by atoms with Crippen LogP contribution in [0.25, 0.3) is 0 Å². The lowest BCUT2D eigenvalue weighted by molar-refractivity contribution is 0.601. The average Bonchev–Trinajstić information content (AvgIpc) is 2.03. The van der Waals surface area contributed by atoms with Crippen LogP contribution in [0, 0.1) is 17.4 Å². The fourth-order valence-corrected chi connectivity index (χ4v) is 1.35. The van der Waals surface area contributed by atoms with Gasteiger partial charge in [0.2, 0.25) is 0 Å². The van der Waals surface area contributed by atoms with Gasteiger partial charge >= 0.3 is 0 Å². The largest absolute Gasteiger partial charge is 0.224 e. The second kappa shape index (κ2) is 2.95. The summed E-state index contributed by atoms with van der Waals surface area (Å²) in [6, 6.07) is 8.63. The molecule has 0 amide bonds. The Morgan fingerprint density at radius 2 is 2.25 bits per heavy atom. The Morgan fingerprint density at radius 3 is 2.75 bits per heavy atom. The van der Waals surface area contributed by atoms with E-state index in [1.165, 1.54) is 18.2 Å². The first-order valence-electron chi connectivity index (χ1n) is 3.16. The van der Waals surface area contributed by atoms with E-state index in [9.17, 15) is 8.42 Å². The molecule has 0 aliphatic rings. The van der Waals surface area contributed by atoms with E-state index in [0.717, 1.165) is 6.26 Å². The monoisotopic (exact) mass is 180 g/mol. The van der Waals surface area contributed by atoms with Gasteiger partial charge in [-0.25, -0.2) is 8.42 Å². The molecule has 1 aromatic carbocycles. The van der Waals surface area contributed by atoms with Gasteiger partial charge in [-0.05, 0) is 12.1 Å². The lowest BCUT2D eigenvalue weighted by atomic mass is 10.2. The maximum Gasteiger partial charge on any atom is 0.176 e. The molecule has 0 bridgehead atoms. The van der Waals surface area contributed by atoms with Crippen LogP contribution in [0.2, 0.25) is 0 Å². The van der Waals surface area contributed by atoms with Crippen LogP contribution in [-0.4, -0.2) is 14.7 Å². The van der Waals surface area contributed by atoms with Gasteiger partial charge in [0.15, 0.2) is 9.84 Å². The first kappa shape index (κ1) is 8.75. The van der Waals surface area contributed by atoms with Gasteiger partial charge in [0.1, 0.15) is 0 Å². The Kier molecular flexibility index (Phi) is 2.15. The lowest BCUT2D eigenvalue weighted by Crippen LogP contribution is -1.97. The summed E-state index contributed by atoms with van der Waals surface area (Å²) < 4.78 is 21.9.